The van der Waals surface area contributed by atoms with Gasteiger partial charge in [0, 0.05) is 15.6 Å². The molecule has 18 heavy (non-hydrogen) atoms. The molecule has 5 heteroatoms. The van der Waals surface area contributed by atoms with Crippen LogP contribution in [0.25, 0.3) is 0 Å². The monoisotopic (exact) mass is 283 g/mol. The lowest BCUT2D eigenvalue weighted by atomic mass is 10.2. The Balaban J connectivity index is 2.24. The number of hydrogen-bond donors (Lipinski definition) is 1. The molecule has 94 valence electrons. The van der Waals surface area contributed by atoms with Crippen molar-refractivity contribution in [3.05, 3.63) is 58.9 Å². The summed E-state index contributed by atoms with van der Waals surface area (Å²) >= 11 is 5.83. The summed E-state index contributed by atoms with van der Waals surface area (Å²) in [5, 5.41) is 0.521. The van der Waals surface area contributed by atoms with Crippen LogP contribution >= 0.6 is 11.6 Å². The van der Waals surface area contributed by atoms with Crippen molar-refractivity contribution in [1.82, 2.24) is 0 Å². The standard InChI is InChI=1S/C13H11ClFNOS/c14-10-2-1-3-12(7-10)18(17)8-9-6-11(15)4-5-13(9)16/h1-7H,8,16H2. The lowest BCUT2D eigenvalue weighted by Gasteiger charge is -2.06. The minimum atomic E-state index is -1.29. The summed E-state index contributed by atoms with van der Waals surface area (Å²) in [6, 6.07) is 10.8. The van der Waals surface area contributed by atoms with Crippen LogP contribution in [0.2, 0.25) is 5.02 Å². The SMILES string of the molecule is Nc1ccc(F)cc1CS(=O)c1cccc(Cl)c1. The van der Waals surface area contributed by atoms with Crippen molar-refractivity contribution >= 4 is 28.1 Å². The van der Waals surface area contributed by atoms with Gasteiger partial charge in [-0.15, -0.1) is 0 Å². The maximum Gasteiger partial charge on any atom is 0.123 e. The summed E-state index contributed by atoms with van der Waals surface area (Å²) in [4.78, 5) is 0.603. The molecule has 0 aliphatic carbocycles. The molecule has 0 saturated carbocycles. The minimum absolute atomic E-state index is 0.171. The van der Waals surface area contributed by atoms with Gasteiger partial charge in [0.15, 0.2) is 0 Å². The largest absolute Gasteiger partial charge is 0.398 e. The molecule has 0 aliphatic heterocycles. The van der Waals surface area contributed by atoms with E-state index >= 15 is 0 Å². The second-order valence-corrected chi connectivity index (χ2v) is 5.68. The van der Waals surface area contributed by atoms with Crippen LogP contribution in [-0.2, 0) is 16.6 Å². The van der Waals surface area contributed by atoms with Crippen molar-refractivity contribution in [2.24, 2.45) is 0 Å². The minimum Gasteiger partial charge on any atom is -0.398 e. The van der Waals surface area contributed by atoms with E-state index in [1.807, 2.05) is 0 Å². The number of hydrogen-bond acceptors (Lipinski definition) is 2. The average molecular weight is 284 g/mol. The summed E-state index contributed by atoms with van der Waals surface area (Å²) in [6.07, 6.45) is 0. The van der Waals surface area contributed by atoms with Gasteiger partial charge in [0.2, 0.25) is 0 Å². The highest BCUT2D eigenvalue weighted by atomic mass is 35.5. The highest BCUT2D eigenvalue weighted by Crippen LogP contribution is 2.20. The van der Waals surface area contributed by atoms with Crippen LogP contribution in [0.15, 0.2) is 47.4 Å². The van der Waals surface area contributed by atoms with E-state index in [9.17, 15) is 8.60 Å². The van der Waals surface area contributed by atoms with E-state index in [-0.39, 0.29) is 11.6 Å². The average Bonchev–Trinajstić information content (AvgIpc) is 2.34. The maximum atomic E-state index is 13.1. The van der Waals surface area contributed by atoms with Crippen LogP contribution in [0.1, 0.15) is 5.56 Å². The van der Waals surface area contributed by atoms with E-state index in [0.717, 1.165) is 0 Å². The Kier molecular flexibility index (Phi) is 3.99. The van der Waals surface area contributed by atoms with Gasteiger partial charge in [-0.05, 0) is 42.0 Å². The van der Waals surface area contributed by atoms with Gasteiger partial charge in [-0.3, -0.25) is 4.21 Å². The summed E-state index contributed by atoms with van der Waals surface area (Å²) in [5.74, 6) is -0.216. The number of rotatable bonds is 3. The van der Waals surface area contributed by atoms with Crippen molar-refractivity contribution in [2.45, 2.75) is 10.6 Å². The van der Waals surface area contributed by atoms with E-state index in [2.05, 4.69) is 0 Å². The van der Waals surface area contributed by atoms with Crippen molar-refractivity contribution < 1.29 is 8.60 Å². The van der Waals surface area contributed by atoms with Crippen LogP contribution in [0.5, 0.6) is 0 Å². The topological polar surface area (TPSA) is 43.1 Å². The van der Waals surface area contributed by atoms with Crippen molar-refractivity contribution in [1.29, 1.82) is 0 Å². The molecule has 2 rings (SSSR count). The van der Waals surface area contributed by atoms with Gasteiger partial charge in [0.1, 0.15) is 5.82 Å². The summed E-state index contributed by atoms with van der Waals surface area (Å²) in [7, 11) is -1.29. The molecule has 0 heterocycles. The summed E-state index contributed by atoms with van der Waals surface area (Å²) in [5.41, 5.74) is 6.69. The summed E-state index contributed by atoms with van der Waals surface area (Å²) < 4.78 is 25.2. The summed E-state index contributed by atoms with van der Waals surface area (Å²) in [6.45, 7) is 0. The van der Waals surface area contributed by atoms with Crippen molar-refractivity contribution in [3.8, 4) is 0 Å². The van der Waals surface area contributed by atoms with Gasteiger partial charge in [-0.1, -0.05) is 17.7 Å². The molecule has 0 aliphatic rings. The highest BCUT2D eigenvalue weighted by Gasteiger charge is 2.09. The Morgan fingerprint density at radius 2 is 2.00 bits per heavy atom. The lowest BCUT2D eigenvalue weighted by molar-refractivity contribution is 0.626. The highest BCUT2D eigenvalue weighted by molar-refractivity contribution is 7.84. The number of halogens is 2. The normalized spacial score (nSPS) is 12.3. The Morgan fingerprint density at radius 1 is 1.22 bits per heavy atom. The van der Waals surface area contributed by atoms with Crippen molar-refractivity contribution in [3.63, 3.8) is 0 Å². The molecule has 0 saturated heterocycles. The molecule has 0 spiro atoms. The fourth-order valence-corrected chi connectivity index (χ4v) is 2.98. The second kappa shape index (κ2) is 5.50. The predicted molar refractivity (Wildman–Crippen MR) is 72.4 cm³/mol. The third kappa shape index (κ3) is 3.09. The van der Waals surface area contributed by atoms with Crippen LogP contribution in [0.4, 0.5) is 10.1 Å². The molecule has 2 nitrogen and oxygen atoms in total. The number of anilines is 1. The van der Waals surface area contributed by atoms with E-state index in [1.165, 1.54) is 18.2 Å². The van der Waals surface area contributed by atoms with E-state index in [4.69, 9.17) is 17.3 Å². The molecule has 2 aromatic carbocycles. The molecule has 1 atom stereocenters. The number of nitrogen functional groups attached to an aromatic ring is 1. The lowest BCUT2D eigenvalue weighted by Crippen LogP contribution is -2.01. The third-order valence-corrected chi connectivity index (χ3v) is 4.04. The van der Waals surface area contributed by atoms with Gasteiger partial charge in [0.25, 0.3) is 0 Å². The zero-order chi connectivity index (χ0) is 13.1. The maximum absolute atomic E-state index is 13.1. The van der Waals surface area contributed by atoms with E-state index < -0.39 is 10.8 Å². The fraction of sp³-hybridized carbons (Fsp3) is 0.0769. The zero-order valence-electron chi connectivity index (χ0n) is 9.40. The quantitative estimate of drug-likeness (QED) is 0.878. The molecule has 0 radical (unpaired) electrons. The first kappa shape index (κ1) is 13.1. The van der Waals surface area contributed by atoms with Crippen LogP contribution in [0.3, 0.4) is 0 Å². The Hall–Kier alpha value is -1.39. The van der Waals surface area contributed by atoms with Gasteiger partial charge < -0.3 is 5.73 Å². The molecular weight excluding hydrogens is 273 g/mol. The van der Waals surface area contributed by atoms with Crippen LogP contribution in [-0.4, -0.2) is 4.21 Å². The van der Waals surface area contributed by atoms with Gasteiger partial charge in [0.05, 0.1) is 16.6 Å². The third-order valence-electron chi connectivity index (χ3n) is 2.45. The first-order valence-corrected chi connectivity index (χ1v) is 6.94. The number of benzene rings is 2. The van der Waals surface area contributed by atoms with Gasteiger partial charge in [-0.2, -0.15) is 0 Å². The Labute approximate surface area is 112 Å². The molecule has 0 fully saturated rings. The van der Waals surface area contributed by atoms with E-state index in [0.29, 0.717) is 21.2 Å². The van der Waals surface area contributed by atoms with Gasteiger partial charge >= 0.3 is 0 Å². The molecule has 2 aromatic rings. The molecule has 0 aromatic heterocycles. The Morgan fingerprint density at radius 3 is 2.72 bits per heavy atom. The first-order valence-electron chi connectivity index (χ1n) is 5.24. The smallest absolute Gasteiger partial charge is 0.123 e. The fourth-order valence-electron chi connectivity index (χ4n) is 1.53. The predicted octanol–water partition coefficient (Wildman–Crippen LogP) is 3.37. The zero-order valence-corrected chi connectivity index (χ0v) is 11.0. The number of nitrogens with two attached hydrogens (primary N) is 1. The van der Waals surface area contributed by atoms with Crippen LogP contribution in [0, 0.1) is 5.82 Å². The Bertz CT molecular complexity index is 603. The van der Waals surface area contributed by atoms with Crippen molar-refractivity contribution in [2.75, 3.05) is 5.73 Å². The first-order chi connectivity index (χ1) is 8.56. The van der Waals surface area contributed by atoms with E-state index in [1.54, 1.807) is 24.3 Å². The molecule has 0 amide bonds. The molecule has 1 unspecified atom stereocenters. The molecule has 2 N–H and O–H groups in total. The van der Waals surface area contributed by atoms with Gasteiger partial charge in [-0.25, -0.2) is 4.39 Å². The molecule has 0 bridgehead atoms. The van der Waals surface area contributed by atoms with Crippen LogP contribution < -0.4 is 5.73 Å². The second-order valence-electron chi connectivity index (χ2n) is 3.79. The molecular formula is C13H11ClFNOS.